The molecule has 6 nitrogen and oxygen atoms in total. The molecule has 2 aromatic carbocycles. The van der Waals surface area contributed by atoms with Gasteiger partial charge in [0.05, 0.1) is 17.5 Å². The first-order chi connectivity index (χ1) is 12.9. The molecular weight excluding hydrogens is 347 g/mol. The van der Waals surface area contributed by atoms with Crippen molar-refractivity contribution in [2.24, 2.45) is 0 Å². The van der Waals surface area contributed by atoms with Crippen LogP contribution in [-0.4, -0.2) is 21.6 Å². The van der Waals surface area contributed by atoms with Crippen molar-refractivity contribution < 1.29 is 14.0 Å². The van der Waals surface area contributed by atoms with Crippen LogP contribution < -0.4 is 10.6 Å². The van der Waals surface area contributed by atoms with E-state index < -0.39 is 5.82 Å². The van der Waals surface area contributed by atoms with E-state index in [0.717, 1.165) is 5.56 Å². The summed E-state index contributed by atoms with van der Waals surface area (Å²) in [6.07, 6.45) is 1.41. The predicted molar refractivity (Wildman–Crippen MR) is 102 cm³/mol. The third-order valence-electron chi connectivity index (χ3n) is 4.23. The number of hydrogen-bond donors (Lipinski definition) is 2. The van der Waals surface area contributed by atoms with Gasteiger partial charge in [-0.05, 0) is 43.7 Å². The molecule has 0 bridgehead atoms. The lowest BCUT2D eigenvalue weighted by atomic mass is 10.1. The van der Waals surface area contributed by atoms with Crippen LogP contribution in [0.3, 0.4) is 0 Å². The van der Waals surface area contributed by atoms with Crippen molar-refractivity contribution in [3.8, 4) is 5.69 Å². The van der Waals surface area contributed by atoms with Gasteiger partial charge in [-0.2, -0.15) is 5.10 Å². The average molecular weight is 366 g/mol. The van der Waals surface area contributed by atoms with Crippen molar-refractivity contribution >= 4 is 23.2 Å². The second-order valence-corrected chi connectivity index (χ2v) is 6.12. The maximum atomic E-state index is 14.0. The zero-order valence-electron chi connectivity index (χ0n) is 15.2. The minimum absolute atomic E-state index is 0.191. The van der Waals surface area contributed by atoms with Crippen LogP contribution in [0.25, 0.3) is 5.69 Å². The number of carbonyl (C=O) groups excluding carboxylic acids is 2. The SMILES string of the molecule is CC(=O)Nc1cccc(NC(=O)c2cnn(-c3ccccc3F)c2C)c1C. The Morgan fingerprint density at radius 2 is 1.67 bits per heavy atom. The number of amides is 2. The van der Waals surface area contributed by atoms with Gasteiger partial charge in [0, 0.05) is 18.3 Å². The number of rotatable bonds is 4. The standard InChI is InChI=1S/C20H19FN4O2/c1-12-17(23-14(3)26)8-6-9-18(12)24-20(27)15-11-22-25(13(15)2)19-10-5-4-7-16(19)21/h4-11H,1-3H3,(H,23,26)(H,24,27). The number of anilines is 2. The largest absolute Gasteiger partial charge is 0.326 e. The molecule has 0 saturated carbocycles. The highest BCUT2D eigenvalue weighted by atomic mass is 19.1. The molecule has 0 unspecified atom stereocenters. The lowest BCUT2D eigenvalue weighted by Crippen LogP contribution is -2.15. The van der Waals surface area contributed by atoms with Gasteiger partial charge < -0.3 is 10.6 Å². The van der Waals surface area contributed by atoms with E-state index in [4.69, 9.17) is 0 Å². The topological polar surface area (TPSA) is 76.0 Å². The highest BCUT2D eigenvalue weighted by Crippen LogP contribution is 2.24. The summed E-state index contributed by atoms with van der Waals surface area (Å²) >= 11 is 0. The Hall–Kier alpha value is -3.48. The van der Waals surface area contributed by atoms with Crippen LogP contribution in [0, 0.1) is 19.7 Å². The first-order valence-corrected chi connectivity index (χ1v) is 8.36. The monoisotopic (exact) mass is 366 g/mol. The van der Waals surface area contributed by atoms with E-state index in [1.54, 1.807) is 50.2 Å². The summed E-state index contributed by atoms with van der Waals surface area (Å²) in [5, 5.41) is 9.69. The summed E-state index contributed by atoms with van der Waals surface area (Å²) in [5.41, 5.74) is 3.07. The second-order valence-electron chi connectivity index (χ2n) is 6.12. The summed E-state index contributed by atoms with van der Waals surface area (Å²) in [6, 6.07) is 11.5. The Balaban J connectivity index is 1.88. The highest BCUT2D eigenvalue weighted by Gasteiger charge is 2.18. The molecule has 0 aliphatic carbocycles. The average Bonchev–Trinajstić information content (AvgIpc) is 3.00. The maximum Gasteiger partial charge on any atom is 0.259 e. The number of nitrogens with one attached hydrogen (secondary N) is 2. The molecular formula is C20H19FN4O2. The van der Waals surface area contributed by atoms with E-state index in [-0.39, 0.29) is 17.5 Å². The molecule has 0 radical (unpaired) electrons. The van der Waals surface area contributed by atoms with Gasteiger partial charge in [0.1, 0.15) is 11.5 Å². The number of nitrogens with zero attached hydrogens (tertiary/aromatic N) is 2. The molecule has 1 heterocycles. The Labute approximate surface area is 156 Å². The summed E-state index contributed by atoms with van der Waals surface area (Å²) in [7, 11) is 0. The second kappa shape index (κ2) is 7.41. The Kier molecular flexibility index (Phi) is 5.03. The normalized spacial score (nSPS) is 10.5. The van der Waals surface area contributed by atoms with Crippen LogP contribution in [0.15, 0.2) is 48.7 Å². The number of para-hydroxylation sites is 1. The summed E-state index contributed by atoms with van der Waals surface area (Å²) < 4.78 is 15.4. The van der Waals surface area contributed by atoms with Crippen LogP contribution >= 0.6 is 0 Å². The quantitative estimate of drug-likeness (QED) is 0.737. The number of benzene rings is 2. The van der Waals surface area contributed by atoms with Gasteiger partial charge in [0.15, 0.2) is 0 Å². The van der Waals surface area contributed by atoms with Crippen LogP contribution in [0.5, 0.6) is 0 Å². The lowest BCUT2D eigenvalue weighted by molar-refractivity contribution is -0.114. The fourth-order valence-corrected chi connectivity index (χ4v) is 2.78. The molecule has 7 heteroatoms. The van der Waals surface area contributed by atoms with Crippen molar-refractivity contribution in [3.05, 3.63) is 71.3 Å². The molecule has 3 aromatic rings. The van der Waals surface area contributed by atoms with Crippen LogP contribution in [0.2, 0.25) is 0 Å². The fourth-order valence-electron chi connectivity index (χ4n) is 2.78. The Morgan fingerprint density at radius 1 is 1.00 bits per heavy atom. The van der Waals surface area contributed by atoms with Crippen LogP contribution in [0.4, 0.5) is 15.8 Å². The fraction of sp³-hybridized carbons (Fsp3) is 0.150. The zero-order valence-corrected chi connectivity index (χ0v) is 15.2. The van der Waals surface area contributed by atoms with Gasteiger partial charge in [0.2, 0.25) is 5.91 Å². The first-order valence-electron chi connectivity index (χ1n) is 8.36. The molecule has 27 heavy (non-hydrogen) atoms. The van der Waals surface area contributed by atoms with E-state index in [1.807, 2.05) is 0 Å². The van der Waals surface area contributed by atoms with Gasteiger partial charge in [-0.25, -0.2) is 9.07 Å². The van der Waals surface area contributed by atoms with Gasteiger partial charge >= 0.3 is 0 Å². The van der Waals surface area contributed by atoms with Crippen molar-refractivity contribution in [3.63, 3.8) is 0 Å². The van der Waals surface area contributed by atoms with Crippen molar-refractivity contribution in [1.82, 2.24) is 9.78 Å². The number of halogens is 1. The zero-order chi connectivity index (χ0) is 19.6. The molecule has 3 rings (SSSR count). The highest BCUT2D eigenvalue weighted by molar-refractivity contribution is 6.06. The summed E-state index contributed by atoms with van der Waals surface area (Å²) in [6.45, 7) is 4.93. The minimum atomic E-state index is -0.422. The van der Waals surface area contributed by atoms with Crippen molar-refractivity contribution in [1.29, 1.82) is 0 Å². The van der Waals surface area contributed by atoms with Crippen LogP contribution in [-0.2, 0) is 4.79 Å². The molecule has 1 aromatic heterocycles. The molecule has 0 fully saturated rings. The molecule has 2 N–H and O–H groups in total. The third kappa shape index (κ3) is 3.72. The Bertz CT molecular complexity index is 1030. The van der Waals surface area contributed by atoms with Crippen LogP contribution in [0.1, 0.15) is 28.5 Å². The van der Waals surface area contributed by atoms with E-state index in [2.05, 4.69) is 15.7 Å². The number of aromatic nitrogens is 2. The molecule has 0 aliphatic heterocycles. The Morgan fingerprint density at radius 3 is 2.33 bits per heavy atom. The number of carbonyl (C=O) groups is 2. The van der Waals surface area contributed by atoms with Gasteiger partial charge in [-0.15, -0.1) is 0 Å². The molecule has 0 atom stereocenters. The van der Waals surface area contributed by atoms with Crippen molar-refractivity contribution in [2.75, 3.05) is 10.6 Å². The van der Waals surface area contributed by atoms with E-state index >= 15 is 0 Å². The van der Waals surface area contributed by atoms with Gasteiger partial charge in [0.25, 0.3) is 5.91 Å². The number of hydrogen-bond acceptors (Lipinski definition) is 3. The minimum Gasteiger partial charge on any atom is -0.326 e. The molecule has 138 valence electrons. The predicted octanol–water partition coefficient (Wildman–Crippen LogP) is 3.84. The molecule has 2 amide bonds. The van der Waals surface area contributed by atoms with Crippen molar-refractivity contribution in [2.45, 2.75) is 20.8 Å². The van der Waals surface area contributed by atoms with E-state index in [0.29, 0.717) is 22.6 Å². The smallest absolute Gasteiger partial charge is 0.259 e. The van der Waals surface area contributed by atoms with E-state index in [1.165, 1.54) is 23.9 Å². The first kappa shape index (κ1) is 18.3. The molecule has 0 aliphatic rings. The maximum absolute atomic E-state index is 14.0. The summed E-state index contributed by atoms with van der Waals surface area (Å²) in [5.74, 6) is -0.976. The molecule has 0 spiro atoms. The van der Waals surface area contributed by atoms with E-state index in [9.17, 15) is 14.0 Å². The van der Waals surface area contributed by atoms with Gasteiger partial charge in [-0.1, -0.05) is 18.2 Å². The third-order valence-corrected chi connectivity index (χ3v) is 4.23. The summed E-state index contributed by atoms with van der Waals surface area (Å²) in [4.78, 5) is 24.0. The molecule has 0 saturated heterocycles. The lowest BCUT2D eigenvalue weighted by Gasteiger charge is -2.13. The van der Waals surface area contributed by atoms with Gasteiger partial charge in [-0.3, -0.25) is 9.59 Å².